The Balaban J connectivity index is 1.82. The van der Waals surface area contributed by atoms with Gasteiger partial charge >= 0.3 is 5.97 Å². The van der Waals surface area contributed by atoms with E-state index in [0.717, 1.165) is 32.4 Å². The molecule has 3 aromatic heterocycles. The van der Waals surface area contributed by atoms with Gasteiger partial charge in [-0.3, -0.25) is 9.20 Å². The molecule has 0 radical (unpaired) electrons. The fourth-order valence-corrected chi connectivity index (χ4v) is 4.47. The monoisotopic (exact) mass is 495 g/mol. The molecule has 8 nitrogen and oxygen atoms in total. The molecule has 0 amide bonds. The number of fused-ring (bicyclic) bond motifs is 1. The van der Waals surface area contributed by atoms with Crippen molar-refractivity contribution in [2.45, 2.75) is 32.2 Å². The average Bonchev–Trinajstić information content (AvgIpc) is 2.77. The Morgan fingerprint density at radius 3 is 2.56 bits per heavy atom. The molecular formula is C21H20Cl3N5O3. The lowest BCUT2D eigenvalue weighted by molar-refractivity contribution is 0.0691. The number of aromatic carboxylic acids is 1. The summed E-state index contributed by atoms with van der Waals surface area (Å²) in [5, 5.41) is 13.0. The van der Waals surface area contributed by atoms with E-state index in [4.69, 9.17) is 39.8 Å². The summed E-state index contributed by atoms with van der Waals surface area (Å²) in [4.78, 5) is 35.3. The zero-order chi connectivity index (χ0) is 23.0. The Hall–Kier alpha value is -2.55. The van der Waals surface area contributed by atoms with Crippen LogP contribution in [-0.2, 0) is 0 Å². The second kappa shape index (κ2) is 9.13. The number of rotatable bonds is 5. The number of nitrogens with one attached hydrogen (secondary N) is 1. The standard InChI is InChI=1S/C21H20Cl3N5O3/c1-11(25-14-5-6-15(23)26-17(14)21(31)32)13-9-12(22)10-29-18(13)27-19(16(24)20(29)30)28-7-3-2-4-8-28/h5-6,9-11,25H,2-4,7-8H2,1H3,(H,31,32)/t11-/m1/s1. The van der Waals surface area contributed by atoms with Crippen LogP contribution < -0.4 is 15.8 Å². The molecule has 4 heterocycles. The number of carbonyl (C=O) groups is 1. The van der Waals surface area contributed by atoms with Gasteiger partial charge in [0.25, 0.3) is 5.56 Å². The van der Waals surface area contributed by atoms with Crippen LogP contribution in [-0.4, -0.2) is 38.5 Å². The lowest BCUT2D eigenvalue weighted by Gasteiger charge is -2.29. The molecule has 1 fully saturated rings. The Kier molecular flexibility index (Phi) is 6.46. The molecule has 32 heavy (non-hydrogen) atoms. The van der Waals surface area contributed by atoms with Crippen molar-refractivity contribution < 1.29 is 9.90 Å². The highest BCUT2D eigenvalue weighted by Crippen LogP contribution is 2.30. The molecule has 0 aliphatic carbocycles. The van der Waals surface area contributed by atoms with Crippen molar-refractivity contribution in [2.75, 3.05) is 23.3 Å². The highest BCUT2D eigenvalue weighted by atomic mass is 35.5. The number of pyridine rings is 2. The predicted molar refractivity (Wildman–Crippen MR) is 126 cm³/mol. The van der Waals surface area contributed by atoms with Crippen LogP contribution in [0.5, 0.6) is 0 Å². The van der Waals surface area contributed by atoms with Crippen LogP contribution in [0.3, 0.4) is 0 Å². The topological polar surface area (TPSA) is 99.8 Å². The van der Waals surface area contributed by atoms with E-state index in [1.165, 1.54) is 22.7 Å². The van der Waals surface area contributed by atoms with E-state index in [0.29, 0.717) is 22.1 Å². The van der Waals surface area contributed by atoms with Gasteiger partial charge in [0.15, 0.2) is 11.5 Å². The van der Waals surface area contributed by atoms with Crippen LogP contribution in [0.15, 0.2) is 29.2 Å². The quantitative estimate of drug-likeness (QED) is 0.484. The highest BCUT2D eigenvalue weighted by molar-refractivity contribution is 6.33. The number of nitrogens with zero attached hydrogens (tertiary/aromatic N) is 4. The molecule has 1 aliphatic rings. The van der Waals surface area contributed by atoms with E-state index in [1.54, 1.807) is 6.07 Å². The second-order valence-corrected chi connectivity index (χ2v) is 8.81. The van der Waals surface area contributed by atoms with Crippen molar-refractivity contribution in [3.8, 4) is 0 Å². The zero-order valence-electron chi connectivity index (χ0n) is 17.1. The molecule has 3 aromatic rings. The fourth-order valence-electron chi connectivity index (χ4n) is 3.86. The number of aromatic nitrogens is 3. The third-order valence-corrected chi connectivity index (χ3v) is 6.15. The summed E-state index contributed by atoms with van der Waals surface area (Å²) in [6, 6.07) is 4.26. The lowest BCUT2D eigenvalue weighted by Crippen LogP contribution is -2.33. The van der Waals surface area contributed by atoms with Crippen LogP contribution >= 0.6 is 34.8 Å². The number of hydrogen-bond donors (Lipinski definition) is 2. The number of halogens is 3. The van der Waals surface area contributed by atoms with Crippen LogP contribution in [0.25, 0.3) is 5.65 Å². The van der Waals surface area contributed by atoms with Gasteiger partial charge in [-0.15, -0.1) is 0 Å². The Morgan fingerprint density at radius 2 is 1.88 bits per heavy atom. The van der Waals surface area contributed by atoms with Crippen LogP contribution in [0, 0.1) is 0 Å². The first kappa shape index (κ1) is 22.6. The summed E-state index contributed by atoms with van der Waals surface area (Å²) in [6.07, 6.45) is 4.61. The summed E-state index contributed by atoms with van der Waals surface area (Å²) in [5.74, 6) is -0.766. The van der Waals surface area contributed by atoms with Crippen molar-refractivity contribution in [1.29, 1.82) is 0 Å². The number of anilines is 2. The van der Waals surface area contributed by atoms with E-state index in [9.17, 15) is 14.7 Å². The smallest absolute Gasteiger partial charge is 0.356 e. The molecule has 1 aliphatic heterocycles. The number of carboxylic acid groups (broad SMARTS) is 1. The first-order chi connectivity index (χ1) is 15.3. The summed E-state index contributed by atoms with van der Waals surface area (Å²) < 4.78 is 1.32. The van der Waals surface area contributed by atoms with Crippen molar-refractivity contribution >= 4 is 57.9 Å². The van der Waals surface area contributed by atoms with Gasteiger partial charge in [-0.1, -0.05) is 34.8 Å². The normalized spacial score (nSPS) is 15.1. The van der Waals surface area contributed by atoms with Crippen molar-refractivity contribution in [1.82, 2.24) is 14.4 Å². The fraction of sp³-hybridized carbons (Fsp3) is 0.333. The second-order valence-electron chi connectivity index (χ2n) is 7.61. The molecule has 168 valence electrons. The van der Waals surface area contributed by atoms with E-state index in [2.05, 4.69) is 10.3 Å². The van der Waals surface area contributed by atoms with Gasteiger partial charge in [0.2, 0.25) is 0 Å². The molecule has 11 heteroatoms. The molecule has 0 aromatic carbocycles. The number of hydrogen-bond acceptors (Lipinski definition) is 6. The van der Waals surface area contributed by atoms with Gasteiger partial charge in [0.1, 0.15) is 15.8 Å². The first-order valence-electron chi connectivity index (χ1n) is 10.1. The molecule has 0 saturated carbocycles. The largest absolute Gasteiger partial charge is 0.476 e. The van der Waals surface area contributed by atoms with E-state index in [-0.39, 0.29) is 21.6 Å². The SMILES string of the molecule is C[C@@H](Nc1ccc(Cl)nc1C(=O)O)c1cc(Cl)cn2c(=O)c(Cl)c(N3CCCCC3)nc12. The maximum atomic E-state index is 13.0. The van der Waals surface area contributed by atoms with Crippen molar-refractivity contribution in [3.05, 3.63) is 61.2 Å². The molecule has 0 unspecified atom stereocenters. The van der Waals surface area contributed by atoms with Gasteiger partial charge in [-0.2, -0.15) is 0 Å². The number of piperidine rings is 1. The van der Waals surface area contributed by atoms with Crippen LogP contribution in [0.1, 0.15) is 48.3 Å². The van der Waals surface area contributed by atoms with Crippen molar-refractivity contribution in [3.63, 3.8) is 0 Å². The molecule has 1 atom stereocenters. The summed E-state index contributed by atoms with van der Waals surface area (Å²) in [5.41, 5.74) is 0.657. The summed E-state index contributed by atoms with van der Waals surface area (Å²) in [7, 11) is 0. The van der Waals surface area contributed by atoms with Gasteiger partial charge in [-0.05, 0) is 44.4 Å². The lowest BCUT2D eigenvalue weighted by atomic mass is 10.1. The summed E-state index contributed by atoms with van der Waals surface area (Å²) >= 11 is 18.6. The Bertz CT molecular complexity index is 1260. The van der Waals surface area contributed by atoms with Crippen molar-refractivity contribution in [2.24, 2.45) is 0 Å². The number of carboxylic acids is 1. The molecule has 0 bridgehead atoms. The molecule has 4 rings (SSSR count). The minimum Gasteiger partial charge on any atom is -0.476 e. The van der Waals surface area contributed by atoms with Gasteiger partial charge in [-0.25, -0.2) is 14.8 Å². The summed E-state index contributed by atoms with van der Waals surface area (Å²) in [6.45, 7) is 3.36. The molecular weight excluding hydrogens is 477 g/mol. The minimum absolute atomic E-state index is 0.0493. The van der Waals surface area contributed by atoms with E-state index >= 15 is 0 Å². The maximum absolute atomic E-state index is 13.0. The third-order valence-electron chi connectivity index (χ3n) is 5.40. The van der Waals surface area contributed by atoms with Gasteiger partial charge < -0.3 is 15.3 Å². The highest BCUT2D eigenvalue weighted by Gasteiger charge is 2.23. The molecule has 1 saturated heterocycles. The van der Waals surface area contributed by atoms with Crippen LogP contribution in [0.2, 0.25) is 15.2 Å². The maximum Gasteiger partial charge on any atom is 0.356 e. The molecule has 0 spiro atoms. The molecule has 2 N–H and O–H groups in total. The zero-order valence-corrected chi connectivity index (χ0v) is 19.4. The Labute approximate surface area is 198 Å². The van der Waals surface area contributed by atoms with Gasteiger partial charge in [0, 0.05) is 24.8 Å². The Morgan fingerprint density at radius 1 is 1.16 bits per heavy atom. The van der Waals surface area contributed by atoms with E-state index in [1.807, 2.05) is 11.8 Å². The predicted octanol–water partition coefficient (Wildman–Crippen LogP) is 4.91. The minimum atomic E-state index is -1.22. The van der Waals surface area contributed by atoms with E-state index < -0.39 is 17.6 Å². The third kappa shape index (κ3) is 4.35. The average molecular weight is 497 g/mol. The van der Waals surface area contributed by atoms with Gasteiger partial charge in [0.05, 0.1) is 16.8 Å². The first-order valence-corrected chi connectivity index (χ1v) is 11.2. The van der Waals surface area contributed by atoms with Crippen LogP contribution in [0.4, 0.5) is 11.5 Å².